The lowest BCUT2D eigenvalue weighted by atomic mass is 10.1. The first kappa shape index (κ1) is 29.2. The molecule has 3 aromatic carbocycles. The SMILES string of the molecule is COc1ccc(C(=O)Oc2ccc(C=NNC(=O)CCCCCNC(=O)c3ccccc3Cl)cc2)cc1OC. The minimum absolute atomic E-state index is 0.202. The maximum atomic E-state index is 12.4. The second-order valence-corrected chi connectivity index (χ2v) is 8.78. The molecule has 0 aliphatic carbocycles. The van der Waals surface area contributed by atoms with Gasteiger partial charge in [0.25, 0.3) is 5.91 Å². The zero-order valence-electron chi connectivity index (χ0n) is 21.7. The second kappa shape index (κ2) is 15.1. The van der Waals surface area contributed by atoms with Crippen LogP contribution in [-0.4, -0.2) is 44.8 Å². The van der Waals surface area contributed by atoms with Gasteiger partial charge in [0.15, 0.2) is 11.5 Å². The van der Waals surface area contributed by atoms with Gasteiger partial charge in [-0.3, -0.25) is 9.59 Å². The summed E-state index contributed by atoms with van der Waals surface area (Å²) in [6, 6.07) is 18.3. The lowest BCUT2D eigenvalue weighted by molar-refractivity contribution is -0.121. The van der Waals surface area contributed by atoms with Crippen LogP contribution < -0.4 is 25.0 Å². The standard InChI is InChI=1S/C29H30ClN3O6/c1-37-25-16-13-21(18-26(25)38-2)29(36)39-22-14-11-20(12-15-22)19-32-33-27(34)10-4-3-7-17-31-28(35)23-8-5-6-9-24(23)30/h5-6,8-9,11-16,18-19H,3-4,7,10,17H2,1-2H3,(H,31,35)(H,33,34). The van der Waals surface area contributed by atoms with E-state index in [1.54, 1.807) is 66.7 Å². The molecule has 0 saturated heterocycles. The molecular formula is C29H30ClN3O6. The summed E-state index contributed by atoms with van der Waals surface area (Å²) in [5.74, 6) is 0.356. The van der Waals surface area contributed by atoms with Crippen LogP contribution in [0.5, 0.6) is 17.2 Å². The number of carbonyl (C=O) groups is 3. The van der Waals surface area contributed by atoms with E-state index < -0.39 is 5.97 Å². The number of ether oxygens (including phenoxy) is 3. The van der Waals surface area contributed by atoms with Crippen LogP contribution in [0.3, 0.4) is 0 Å². The predicted octanol–water partition coefficient (Wildman–Crippen LogP) is 5.02. The van der Waals surface area contributed by atoms with E-state index in [-0.39, 0.29) is 11.8 Å². The van der Waals surface area contributed by atoms with Crippen molar-refractivity contribution in [3.8, 4) is 17.2 Å². The third-order valence-corrected chi connectivity index (χ3v) is 5.93. The number of amides is 2. The normalized spacial score (nSPS) is 10.6. The molecule has 204 valence electrons. The predicted molar refractivity (Wildman–Crippen MR) is 149 cm³/mol. The summed E-state index contributed by atoms with van der Waals surface area (Å²) in [6.45, 7) is 0.503. The van der Waals surface area contributed by atoms with E-state index in [1.165, 1.54) is 20.4 Å². The molecule has 2 amide bonds. The van der Waals surface area contributed by atoms with E-state index in [0.717, 1.165) is 18.4 Å². The molecule has 0 aliphatic rings. The molecule has 39 heavy (non-hydrogen) atoms. The van der Waals surface area contributed by atoms with Gasteiger partial charge in [-0.1, -0.05) is 30.2 Å². The third kappa shape index (κ3) is 9.15. The largest absolute Gasteiger partial charge is 0.493 e. The maximum Gasteiger partial charge on any atom is 0.343 e. The lowest BCUT2D eigenvalue weighted by Crippen LogP contribution is -2.24. The van der Waals surface area contributed by atoms with Crippen molar-refractivity contribution in [3.63, 3.8) is 0 Å². The number of esters is 1. The van der Waals surface area contributed by atoms with Crippen LogP contribution in [0.2, 0.25) is 5.02 Å². The van der Waals surface area contributed by atoms with Gasteiger partial charge in [0.2, 0.25) is 5.91 Å². The molecule has 0 atom stereocenters. The molecule has 10 heteroatoms. The van der Waals surface area contributed by atoms with Crippen molar-refractivity contribution in [3.05, 3.63) is 88.4 Å². The molecule has 2 N–H and O–H groups in total. The van der Waals surface area contributed by atoms with E-state index in [0.29, 0.717) is 52.8 Å². The van der Waals surface area contributed by atoms with E-state index in [4.69, 9.17) is 25.8 Å². The van der Waals surface area contributed by atoms with E-state index in [9.17, 15) is 14.4 Å². The van der Waals surface area contributed by atoms with Crippen LogP contribution in [0.15, 0.2) is 71.8 Å². The number of hydrazone groups is 1. The molecule has 0 radical (unpaired) electrons. The van der Waals surface area contributed by atoms with Crippen LogP contribution in [-0.2, 0) is 4.79 Å². The summed E-state index contributed by atoms with van der Waals surface area (Å²) in [6.07, 6.45) is 4.02. The molecule has 0 fully saturated rings. The van der Waals surface area contributed by atoms with Crippen LogP contribution >= 0.6 is 11.6 Å². The number of halogens is 1. The zero-order valence-corrected chi connectivity index (χ0v) is 22.5. The molecule has 0 spiro atoms. The van der Waals surface area contributed by atoms with E-state index >= 15 is 0 Å². The Morgan fingerprint density at radius 1 is 0.897 bits per heavy atom. The molecular weight excluding hydrogens is 522 g/mol. The Balaban J connectivity index is 1.34. The highest BCUT2D eigenvalue weighted by atomic mass is 35.5. The van der Waals surface area contributed by atoms with Crippen molar-refractivity contribution >= 4 is 35.6 Å². The zero-order chi connectivity index (χ0) is 28.0. The maximum absolute atomic E-state index is 12.4. The second-order valence-electron chi connectivity index (χ2n) is 8.37. The molecule has 0 aliphatic heterocycles. The molecule has 9 nitrogen and oxygen atoms in total. The highest BCUT2D eigenvalue weighted by Gasteiger charge is 2.13. The van der Waals surface area contributed by atoms with Gasteiger partial charge in [-0.2, -0.15) is 5.10 Å². The van der Waals surface area contributed by atoms with Crippen molar-refractivity contribution in [1.29, 1.82) is 0 Å². The number of hydrogen-bond acceptors (Lipinski definition) is 7. The molecule has 0 aromatic heterocycles. The van der Waals surface area contributed by atoms with Crippen molar-refractivity contribution in [2.75, 3.05) is 20.8 Å². The van der Waals surface area contributed by atoms with Gasteiger partial charge in [0.05, 0.1) is 36.6 Å². The summed E-state index contributed by atoms with van der Waals surface area (Å²) in [7, 11) is 3.01. The third-order valence-electron chi connectivity index (χ3n) is 5.60. The van der Waals surface area contributed by atoms with Crippen molar-refractivity contribution in [2.24, 2.45) is 5.10 Å². The lowest BCUT2D eigenvalue weighted by Gasteiger charge is -2.09. The summed E-state index contributed by atoms with van der Waals surface area (Å²) in [5, 5.41) is 7.21. The molecule has 3 rings (SSSR count). The Morgan fingerprint density at radius 3 is 2.36 bits per heavy atom. The Kier molecular flexibility index (Phi) is 11.3. The highest BCUT2D eigenvalue weighted by molar-refractivity contribution is 6.33. The van der Waals surface area contributed by atoms with Crippen LogP contribution in [0.25, 0.3) is 0 Å². The smallest absolute Gasteiger partial charge is 0.343 e. The number of nitrogens with zero attached hydrogens (tertiary/aromatic N) is 1. The number of rotatable bonds is 13. The number of carbonyl (C=O) groups excluding carboxylic acids is 3. The Bertz CT molecular complexity index is 1310. The first-order chi connectivity index (χ1) is 18.9. The van der Waals surface area contributed by atoms with Crippen molar-refractivity contribution in [1.82, 2.24) is 10.7 Å². The number of hydrogen-bond donors (Lipinski definition) is 2. The molecule has 0 bridgehead atoms. The number of unbranched alkanes of at least 4 members (excludes halogenated alkanes) is 2. The molecule has 0 unspecified atom stereocenters. The topological polar surface area (TPSA) is 115 Å². The van der Waals surface area contributed by atoms with Gasteiger partial charge in [-0.05, 0) is 73.0 Å². The Labute approximate surface area is 232 Å². The number of benzene rings is 3. The summed E-state index contributed by atoms with van der Waals surface area (Å²) in [5.41, 5.74) is 3.98. The Morgan fingerprint density at radius 2 is 1.64 bits per heavy atom. The van der Waals surface area contributed by atoms with Gasteiger partial charge >= 0.3 is 5.97 Å². The molecule has 0 saturated carbocycles. The van der Waals surface area contributed by atoms with Crippen LogP contribution in [0.1, 0.15) is 52.0 Å². The first-order valence-electron chi connectivity index (χ1n) is 12.3. The van der Waals surface area contributed by atoms with E-state index in [2.05, 4.69) is 15.8 Å². The average Bonchev–Trinajstić information content (AvgIpc) is 2.95. The van der Waals surface area contributed by atoms with Crippen LogP contribution in [0.4, 0.5) is 0 Å². The quantitative estimate of drug-likeness (QED) is 0.101. The van der Waals surface area contributed by atoms with Crippen molar-refractivity contribution in [2.45, 2.75) is 25.7 Å². The highest BCUT2D eigenvalue weighted by Crippen LogP contribution is 2.28. The van der Waals surface area contributed by atoms with Gasteiger partial charge < -0.3 is 19.5 Å². The fourth-order valence-electron chi connectivity index (χ4n) is 3.52. The van der Waals surface area contributed by atoms with Gasteiger partial charge in [-0.25, -0.2) is 10.2 Å². The summed E-state index contributed by atoms with van der Waals surface area (Å²) >= 11 is 6.02. The minimum atomic E-state index is -0.535. The molecule has 0 heterocycles. The first-order valence-corrected chi connectivity index (χ1v) is 12.7. The monoisotopic (exact) mass is 551 g/mol. The Hall–Kier alpha value is -4.37. The van der Waals surface area contributed by atoms with Gasteiger partial charge in [-0.15, -0.1) is 0 Å². The molecule has 3 aromatic rings. The van der Waals surface area contributed by atoms with Gasteiger partial charge in [0.1, 0.15) is 5.75 Å². The average molecular weight is 552 g/mol. The minimum Gasteiger partial charge on any atom is -0.493 e. The fraction of sp³-hybridized carbons (Fsp3) is 0.241. The summed E-state index contributed by atoms with van der Waals surface area (Å²) < 4.78 is 15.8. The summed E-state index contributed by atoms with van der Waals surface area (Å²) in [4.78, 5) is 36.6. The van der Waals surface area contributed by atoms with E-state index in [1.807, 2.05) is 0 Å². The number of methoxy groups -OCH3 is 2. The number of nitrogens with one attached hydrogen (secondary N) is 2. The fourth-order valence-corrected chi connectivity index (χ4v) is 3.74. The van der Waals surface area contributed by atoms with Gasteiger partial charge in [0, 0.05) is 13.0 Å². The van der Waals surface area contributed by atoms with Crippen LogP contribution in [0, 0.1) is 0 Å². The van der Waals surface area contributed by atoms with Crippen molar-refractivity contribution < 1.29 is 28.6 Å².